The van der Waals surface area contributed by atoms with Crippen LogP contribution in [0.3, 0.4) is 0 Å². The van der Waals surface area contributed by atoms with Gasteiger partial charge in [0.1, 0.15) is 17.2 Å². The van der Waals surface area contributed by atoms with E-state index in [0.717, 1.165) is 19.3 Å². The van der Waals surface area contributed by atoms with Crippen LogP contribution in [0.25, 0.3) is 0 Å². The van der Waals surface area contributed by atoms with E-state index < -0.39 is 10.0 Å². The lowest BCUT2D eigenvalue weighted by Crippen LogP contribution is -2.35. The molecule has 1 fully saturated rings. The van der Waals surface area contributed by atoms with Gasteiger partial charge in [0.25, 0.3) is 11.8 Å². The minimum absolute atomic E-state index is 0.182. The van der Waals surface area contributed by atoms with Gasteiger partial charge in [0, 0.05) is 30.8 Å². The van der Waals surface area contributed by atoms with Gasteiger partial charge < -0.3 is 14.8 Å². The molecule has 1 N–H and O–H groups in total. The fourth-order valence-corrected chi connectivity index (χ4v) is 5.89. The highest BCUT2D eigenvalue weighted by Gasteiger charge is 2.32. The van der Waals surface area contributed by atoms with Crippen molar-refractivity contribution in [3.8, 4) is 0 Å². The van der Waals surface area contributed by atoms with Crippen molar-refractivity contribution >= 4 is 27.5 Å². The molecule has 35 heavy (non-hydrogen) atoms. The summed E-state index contributed by atoms with van der Waals surface area (Å²) in [5.41, 5.74) is 1.32. The average molecular weight is 500 g/mol. The van der Waals surface area contributed by atoms with Gasteiger partial charge in [-0.15, -0.1) is 0 Å². The van der Waals surface area contributed by atoms with E-state index in [0.29, 0.717) is 47.9 Å². The Hall–Kier alpha value is -3.24. The summed E-state index contributed by atoms with van der Waals surface area (Å²) in [5, 5.41) is 2.78. The molecular formula is C25H29N3O6S. The smallest absolute Gasteiger partial charge is 0.273 e. The molecule has 1 atom stereocenters. The molecule has 1 saturated heterocycles. The number of allylic oxidation sites excluding steroid dienone is 4. The molecule has 1 aromatic rings. The fraction of sp³-hybridized carbons (Fsp3) is 0.400. The molecule has 1 aromatic carbocycles. The summed E-state index contributed by atoms with van der Waals surface area (Å²) in [6.45, 7) is 1.27. The zero-order valence-corrected chi connectivity index (χ0v) is 20.6. The van der Waals surface area contributed by atoms with Crippen LogP contribution in [0.4, 0.5) is 0 Å². The molecule has 0 saturated carbocycles. The third-order valence-electron chi connectivity index (χ3n) is 6.32. The van der Waals surface area contributed by atoms with Gasteiger partial charge >= 0.3 is 0 Å². The predicted octanol–water partition coefficient (Wildman–Crippen LogP) is 2.58. The molecule has 0 spiro atoms. The first-order chi connectivity index (χ1) is 16.8. The number of hydrogen-bond acceptors (Lipinski definition) is 6. The molecule has 0 radical (unpaired) electrons. The van der Waals surface area contributed by atoms with Gasteiger partial charge in [0.05, 0.1) is 25.0 Å². The van der Waals surface area contributed by atoms with E-state index in [4.69, 9.17) is 9.47 Å². The molecular weight excluding hydrogens is 470 g/mol. The third kappa shape index (κ3) is 5.23. The van der Waals surface area contributed by atoms with E-state index in [1.807, 2.05) is 0 Å². The van der Waals surface area contributed by atoms with Crippen LogP contribution in [0.1, 0.15) is 36.0 Å². The number of hydrogen-bond donors (Lipinski definition) is 1. The average Bonchev–Trinajstić information content (AvgIpc) is 2.89. The number of fused-ring (bicyclic) bond motifs is 1. The van der Waals surface area contributed by atoms with Crippen LogP contribution in [0, 0.1) is 5.92 Å². The number of ether oxygens (including phenoxy) is 2. The Kier molecular flexibility index (Phi) is 7.51. The monoisotopic (exact) mass is 499 g/mol. The van der Waals surface area contributed by atoms with Gasteiger partial charge in [0.15, 0.2) is 0 Å². The Morgan fingerprint density at radius 1 is 1.09 bits per heavy atom. The summed E-state index contributed by atoms with van der Waals surface area (Å²) in [6, 6.07) is 5.93. The third-order valence-corrected chi connectivity index (χ3v) is 8.23. The van der Waals surface area contributed by atoms with Crippen LogP contribution >= 0.6 is 0 Å². The van der Waals surface area contributed by atoms with Crippen molar-refractivity contribution in [2.45, 2.75) is 30.6 Å². The minimum Gasteiger partial charge on any atom is -0.500 e. The van der Waals surface area contributed by atoms with Crippen LogP contribution in [-0.2, 0) is 24.3 Å². The van der Waals surface area contributed by atoms with Crippen molar-refractivity contribution in [1.29, 1.82) is 0 Å². The number of nitrogens with one attached hydrogen (secondary N) is 1. The maximum absolute atomic E-state index is 12.8. The molecule has 2 heterocycles. The van der Waals surface area contributed by atoms with E-state index in [1.54, 1.807) is 25.3 Å². The number of piperidine rings is 1. The SMILES string of the molecule is COC1=CC=C(OC)C2C=C(CCNC(=O)c3ccc(S(=O)(=O)N4CCCCC4)cc3)C(=O)N=C12. The Labute approximate surface area is 205 Å². The van der Waals surface area contributed by atoms with E-state index in [-0.39, 0.29) is 29.2 Å². The van der Waals surface area contributed by atoms with Crippen molar-refractivity contribution in [3.05, 3.63) is 65.1 Å². The number of rotatable bonds is 8. The molecule has 2 aliphatic heterocycles. The van der Waals surface area contributed by atoms with Gasteiger partial charge in [-0.05, 0) is 55.7 Å². The summed E-state index contributed by atoms with van der Waals surface area (Å²) in [7, 11) is -0.470. The standard InChI is InChI=1S/C25H29N3O6S/c1-33-21-10-11-22(34-2)23-20(21)16-18(25(30)27-23)12-13-26-24(29)17-6-8-19(9-7-17)35(31,32)28-14-4-3-5-15-28/h6-11,16,20H,3-5,12-15H2,1-2H3,(H,26,29). The van der Waals surface area contributed by atoms with Gasteiger partial charge in [-0.3, -0.25) is 9.59 Å². The highest BCUT2D eigenvalue weighted by molar-refractivity contribution is 7.89. The number of benzene rings is 1. The number of methoxy groups -OCH3 is 2. The van der Waals surface area contributed by atoms with Crippen molar-refractivity contribution < 1.29 is 27.5 Å². The Bertz CT molecular complexity index is 1220. The molecule has 2 amide bonds. The Morgan fingerprint density at radius 3 is 2.46 bits per heavy atom. The molecule has 3 aliphatic rings. The van der Waals surface area contributed by atoms with Crippen LogP contribution in [-0.4, -0.2) is 64.1 Å². The summed E-state index contributed by atoms with van der Waals surface area (Å²) in [6.07, 6.45) is 8.34. The number of carbonyl (C=O) groups is 2. The van der Waals surface area contributed by atoms with Gasteiger partial charge in [-0.25, -0.2) is 13.4 Å². The van der Waals surface area contributed by atoms with Gasteiger partial charge in [-0.2, -0.15) is 4.31 Å². The number of nitrogens with zero attached hydrogens (tertiary/aromatic N) is 2. The maximum Gasteiger partial charge on any atom is 0.273 e. The first kappa shape index (κ1) is 24.9. The zero-order valence-electron chi connectivity index (χ0n) is 19.8. The molecule has 0 aromatic heterocycles. The lowest BCUT2D eigenvalue weighted by molar-refractivity contribution is -0.114. The highest BCUT2D eigenvalue weighted by Crippen LogP contribution is 2.30. The maximum atomic E-state index is 12.8. The normalized spacial score (nSPS) is 20.6. The van der Waals surface area contributed by atoms with Crippen molar-refractivity contribution in [1.82, 2.24) is 9.62 Å². The molecule has 1 aliphatic carbocycles. The Balaban J connectivity index is 1.36. The van der Waals surface area contributed by atoms with Crippen molar-refractivity contribution in [2.75, 3.05) is 33.9 Å². The number of amides is 2. The molecule has 10 heteroatoms. The molecule has 186 valence electrons. The second kappa shape index (κ2) is 10.6. The predicted molar refractivity (Wildman–Crippen MR) is 130 cm³/mol. The van der Waals surface area contributed by atoms with E-state index in [1.165, 1.54) is 35.7 Å². The lowest BCUT2D eigenvalue weighted by Gasteiger charge is -2.26. The number of aliphatic imine (C=N–C) groups is 1. The topological polar surface area (TPSA) is 114 Å². The van der Waals surface area contributed by atoms with Gasteiger partial charge in [-0.1, -0.05) is 12.5 Å². The molecule has 1 unspecified atom stereocenters. The van der Waals surface area contributed by atoms with E-state index in [2.05, 4.69) is 10.3 Å². The molecule has 4 rings (SSSR count). The second-order valence-electron chi connectivity index (χ2n) is 8.47. The quantitative estimate of drug-likeness (QED) is 0.588. The minimum atomic E-state index is -3.55. The number of dihydropyridines is 1. The number of carbonyl (C=O) groups excluding carboxylic acids is 2. The first-order valence-electron chi connectivity index (χ1n) is 11.6. The highest BCUT2D eigenvalue weighted by atomic mass is 32.2. The summed E-state index contributed by atoms with van der Waals surface area (Å²) in [4.78, 5) is 29.5. The molecule has 9 nitrogen and oxygen atoms in total. The zero-order chi connectivity index (χ0) is 25.0. The number of sulfonamides is 1. The lowest BCUT2D eigenvalue weighted by atomic mass is 9.89. The first-order valence-corrected chi connectivity index (χ1v) is 13.0. The van der Waals surface area contributed by atoms with Crippen molar-refractivity contribution in [3.63, 3.8) is 0 Å². The fourth-order valence-electron chi connectivity index (χ4n) is 4.38. The summed E-state index contributed by atoms with van der Waals surface area (Å²) >= 11 is 0. The summed E-state index contributed by atoms with van der Waals surface area (Å²) in [5.74, 6) is 0.118. The van der Waals surface area contributed by atoms with Crippen LogP contribution < -0.4 is 5.32 Å². The van der Waals surface area contributed by atoms with Gasteiger partial charge in [0.2, 0.25) is 10.0 Å². The van der Waals surface area contributed by atoms with Crippen LogP contribution in [0.15, 0.2) is 69.5 Å². The van der Waals surface area contributed by atoms with E-state index >= 15 is 0 Å². The largest absolute Gasteiger partial charge is 0.500 e. The van der Waals surface area contributed by atoms with Crippen molar-refractivity contribution in [2.24, 2.45) is 10.9 Å². The van der Waals surface area contributed by atoms with Crippen LogP contribution in [0.2, 0.25) is 0 Å². The Morgan fingerprint density at radius 2 is 1.80 bits per heavy atom. The van der Waals surface area contributed by atoms with Crippen LogP contribution in [0.5, 0.6) is 0 Å². The second-order valence-corrected chi connectivity index (χ2v) is 10.4. The summed E-state index contributed by atoms with van der Waals surface area (Å²) < 4.78 is 37.8. The van der Waals surface area contributed by atoms with E-state index in [9.17, 15) is 18.0 Å². The molecule has 0 bridgehead atoms.